The highest BCUT2D eigenvalue weighted by atomic mass is 16.3. The topological polar surface area (TPSA) is 46.5 Å². The van der Waals surface area contributed by atoms with Gasteiger partial charge in [-0.15, -0.1) is 0 Å². The molecule has 0 heterocycles. The molecule has 2 unspecified atom stereocenters. The Hall–Kier alpha value is -0.990. The predicted octanol–water partition coefficient (Wildman–Crippen LogP) is 7.98. The molecule has 0 aromatic heterocycles. The highest BCUT2D eigenvalue weighted by molar-refractivity contribution is 5.98. The van der Waals surface area contributed by atoms with Crippen molar-refractivity contribution in [3.63, 3.8) is 0 Å². The van der Waals surface area contributed by atoms with Gasteiger partial charge >= 0.3 is 0 Å². The van der Waals surface area contributed by atoms with E-state index in [4.69, 9.17) is 0 Å². The number of allylic oxidation sites excluding steroid dienone is 1. The first-order valence-corrected chi connectivity index (χ1v) is 13.7. The lowest BCUT2D eigenvalue weighted by Gasteiger charge is -2.58. The van der Waals surface area contributed by atoms with Gasteiger partial charge in [0.15, 0.2) is 5.78 Å². The van der Waals surface area contributed by atoms with Crippen molar-refractivity contribution in [2.45, 2.75) is 112 Å². The van der Waals surface area contributed by atoms with Gasteiger partial charge in [0, 0.05) is 6.42 Å². The summed E-state index contributed by atoms with van der Waals surface area (Å²) in [4.78, 5) is 24.5. The molecule has 0 bridgehead atoms. The lowest BCUT2D eigenvalue weighted by atomic mass is 9.46. The summed E-state index contributed by atoms with van der Waals surface area (Å²) < 4.78 is 0. The fourth-order valence-corrected chi connectivity index (χ4v) is 9.28. The van der Waals surface area contributed by atoms with Gasteiger partial charge in [-0.05, 0) is 109 Å². The van der Waals surface area contributed by atoms with Gasteiger partial charge < -0.3 is 0 Å². The lowest BCUT2D eigenvalue weighted by molar-refractivity contribution is -0.129. The van der Waals surface area contributed by atoms with Gasteiger partial charge in [0.25, 0.3) is 0 Å². The number of hydrogen-bond acceptors (Lipinski definition) is 3. The number of rotatable bonds is 7. The van der Waals surface area contributed by atoms with Gasteiger partial charge in [-0.2, -0.15) is 4.91 Å². The minimum atomic E-state index is -0.290. The molecule has 3 heteroatoms. The van der Waals surface area contributed by atoms with Gasteiger partial charge in [-0.1, -0.05) is 59.6 Å². The Morgan fingerprint density at radius 1 is 1.03 bits per heavy atom. The second-order valence-corrected chi connectivity index (χ2v) is 12.9. The maximum atomic E-state index is 13.3. The largest absolute Gasteiger partial charge is 0.295 e. The molecule has 32 heavy (non-hydrogen) atoms. The SMILES string of the molecule is CCC(CC[C@@H](C)[C@H]1CC[C@H]2[C@@H]3CC(=O)C4=CC(N=O)CC[C@]4(C)[C@H]3CC[C@]12C)C(C)C. The molecule has 3 saturated carbocycles. The molecule has 0 saturated heterocycles. The fraction of sp³-hybridized carbons (Fsp3) is 0.897. The van der Waals surface area contributed by atoms with E-state index in [-0.39, 0.29) is 11.5 Å². The molecule has 0 aromatic rings. The van der Waals surface area contributed by atoms with Crippen molar-refractivity contribution < 1.29 is 4.79 Å². The first-order valence-electron chi connectivity index (χ1n) is 13.7. The molecule has 0 aromatic carbocycles. The zero-order chi connectivity index (χ0) is 23.3. The van der Waals surface area contributed by atoms with Crippen molar-refractivity contribution in [2.24, 2.45) is 57.4 Å². The van der Waals surface area contributed by atoms with Crippen LogP contribution in [-0.4, -0.2) is 11.8 Å². The van der Waals surface area contributed by atoms with Crippen LogP contribution in [0.25, 0.3) is 0 Å². The summed E-state index contributed by atoms with van der Waals surface area (Å²) in [6, 6.07) is -0.290. The maximum absolute atomic E-state index is 13.3. The zero-order valence-electron chi connectivity index (χ0n) is 21.5. The monoisotopic (exact) mass is 441 g/mol. The van der Waals surface area contributed by atoms with Crippen LogP contribution in [0.5, 0.6) is 0 Å². The van der Waals surface area contributed by atoms with Crippen molar-refractivity contribution in [3.05, 3.63) is 16.6 Å². The molecule has 0 spiro atoms. The van der Waals surface area contributed by atoms with Crippen LogP contribution in [0.3, 0.4) is 0 Å². The number of fused-ring (bicyclic) bond motifs is 5. The molecule has 4 aliphatic rings. The van der Waals surface area contributed by atoms with Crippen molar-refractivity contribution in [1.29, 1.82) is 0 Å². The quantitative estimate of drug-likeness (QED) is 0.376. The Morgan fingerprint density at radius 3 is 2.44 bits per heavy atom. The first kappa shape index (κ1) is 24.1. The summed E-state index contributed by atoms with van der Waals surface area (Å²) in [5.74, 6) is 5.42. The average Bonchev–Trinajstić information content (AvgIpc) is 3.11. The maximum Gasteiger partial charge on any atom is 0.159 e. The fourth-order valence-electron chi connectivity index (χ4n) is 9.28. The highest BCUT2D eigenvalue weighted by Gasteiger charge is 2.61. The molecular weight excluding hydrogens is 394 g/mol. The van der Waals surface area contributed by atoms with E-state index in [0.717, 1.165) is 42.1 Å². The second kappa shape index (κ2) is 8.99. The van der Waals surface area contributed by atoms with Crippen molar-refractivity contribution in [2.75, 3.05) is 0 Å². The van der Waals surface area contributed by atoms with E-state index in [1.54, 1.807) is 0 Å². The summed E-state index contributed by atoms with van der Waals surface area (Å²) >= 11 is 0. The zero-order valence-corrected chi connectivity index (χ0v) is 21.5. The van der Waals surface area contributed by atoms with Crippen molar-refractivity contribution in [1.82, 2.24) is 0 Å². The number of carbonyl (C=O) groups is 1. The Bertz CT molecular complexity index is 756. The van der Waals surface area contributed by atoms with E-state index in [9.17, 15) is 9.70 Å². The third-order valence-electron chi connectivity index (χ3n) is 11.3. The molecule has 0 amide bonds. The van der Waals surface area contributed by atoms with Crippen LogP contribution in [0, 0.1) is 57.2 Å². The summed E-state index contributed by atoms with van der Waals surface area (Å²) in [5, 5.41) is 3.27. The summed E-state index contributed by atoms with van der Waals surface area (Å²) in [7, 11) is 0. The molecule has 4 aliphatic carbocycles. The van der Waals surface area contributed by atoms with Crippen molar-refractivity contribution in [3.8, 4) is 0 Å². The van der Waals surface area contributed by atoms with E-state index in [0.29, 0.717) is 35.4 Å². The number of nitrogens with zero attached hydrogens (tertiary/aromatic N) is 1. The van der Waals surface area contributed by atoms with Crippen LogP contribution >= 0.6 is 0 Å². The van der Waals surface area contributed by atoms with Gasteiger partial charge in [0.2, 0.25) is 0 Å². The Labute approximate surface area is 196 Å². The average molecular weight is 442 g/mol. The molecule has 4 rings (SSSR count). The Morgan fingerprint density at radius 2 is 1.78 bits per heavy atom. The van der Waals surface area contributed by atoms with E-state index < -0.39 is 0 Å². The number of hydrogen-bond donors (Lipinski definition) is 0. The van der Waals surface area contributed by atoms with Crippen LogP contribution in [0.4, 0.5) is 0 Å². The third kappa shape index (κ3) is 3.84. The van der Waals surface area contributed by atoms with E-state index in [2.05, 4.69) is 46.7 Å². The number of Topliss-reactive ketones (excluding diaryl/α,β-unsaturated/α-hetero) is 1. The number of carbonyl (C=O) groups excluding carboxylic acids is 1. The molecule has 3 fully saturated rings. The van der Waals surface area contributed by atoms with Crippen LogP contribution in [-0.2, 0) is 4.79 Å². The van der Waals surface area contributed by atoms with Crippen molar-refractivity contribution >= 4 is 5.78 Å². The molecule has 0 radical (unpaired) electrons. The summed E-state index contributed by atoms with van der Waals surface area (Å²) in [6.45, 7) is 14.6. The van der Waals surface area contributed by atoms with E-state index in [1.165, 1.54) is 44.9 Å². The van der Waals surface area contributed by atoms with Crippen LogP contribution in [0.15, 0.2) is 16.8 Å². The van der Waals surface area contributed by atoms with Crippen LogP contribution < -0.4 is 0 Å². The second-order valence-electron chi connectivity index (χ2n) is 12.9. The highest BCUT2D eigenvalue weighted by Crippen LogP contribution is 2.67. The Balaban J connectivity index is 1.51. The van der Waals surface area contributed by atoms with Gasteiger partial charge in [0.05, 0.1) is 0 Å². The molecule has 0 N–H and O–H groups in total. The Kier molecular flexibility index (Phi) is 6.78. The number of nitroso groups, excluding NO2 is 1. The third-order valence-corrected chi connectivity index (χ3v) is 11.3. The smallest absolute Gasteiger partial charge is 0.159 e. The summed E-state index contributed by atoms with van der Waals surface area (Å²) in [6.07, 6.45) is 13.7. The van der Waals surface area contributed by atoms with Gasteiger partial charge in [-0.25, -0.2) is 0 Å². The molecule has 9 atom stereocenters. The van der Waals surface area contributed by atoms with E-state index >= 15 is 0 Å². The standard InChI is InChI=1S/C29H47NO2/c1-7-20(18(2)3)9-8-19(4)23-10-11-24-22-17-27(31)26-16-21(30-32)12-14-29(26,6)25(22)13-15-28(23,24)5/h16,18-25H,7-15,17H2,1-6H3/t19-,20?,21?,22+,23-,24+,25+,28-,29-/m1/s1. The molecule has 3 nitrogen and oxygen atoms in total. The van der Waals surface area contributed by atoms with Crippen LogP contribution in [0.1, 0.15) is 106 Å². The molecular formula is C29H47NO2. The number of ketones is 1. The predicted molar refractivity (Wildman–Crippen MR) is 132 cm³/mol. The molecule has 0 aliphatic heterocycles. The molecule has 180 valence electrons. The van der Waals surface area contributed by atoms with Gasteiger partial charge in [-0.3, -0.25) is 4.79 Å². The normalized spacial score (nSPS) is 43.2. The first-order chi connectivity index (χ1) is 15.2. The minimum absolute atomic E-state index is 0.0299. The van der Waals surface area contributed by atoms with Crippen LogP contribution in [0.2, 0.25) is 0 Å². The summed E-state index contributed by atoms with van der Waals surface area (Å²) in [5.41, 5.74) is 1.33. The lowest BCUT2D eigenvalue weighted by Crippen LogP contribution is -2.53. The minimum Gasteiger partial charge on any atom is -0.295 e. The van der Waals surface area contributed by atoms with E-state index in [1.807, 2.05) is 6.08 Å². The van der Waals surface area contributed by atoms with Gasteiger partial charge in [0.1, 0.15) is 6.04 Å².